The number of nitrogens with zero attached hydrogens (tertiary/aromatic N) is 1. The van der Waals surface area contributed by atoms with Crippen molar-refractivity contribution in [3.05, 3.63) is 24.0 Å². The Hall–Kier alpha value is -1.78. The van der Waals surface area contributed by atoms with Gasteiger partial charge in [-0.1, -0.05) is 0 Å². The molecule has 1 aliphatic heterocycles. The highest BCUT2D eigenvalue weighted by molar-refractivity contribution is 5.64. The third-order valence-corrected chi connectivity index (χ3v) is 2.50. The molecule has 5 nitrogen and oxygen atoms in total. The molecule has 5 heteroatoms. The molecule has 80 valence electrons. The molecule has 0 aliphatic carbocycles. The fourth-order valence-corrected chi connectivity index (χ4v) is 1.75. The second-order valence-electron chi connectivity index (χ2n) is 3.50. The molecule has 1 aromatic rings. The first-order chi connectivity index (χ1) is 7.18. The minimum absolute atomic E-state index is 0.00250. The second kappa shape index (κ2) is 3.76. The lowest BCUT2D eigenvalue weighted by molar-refractivity contribution is 0.188. The molecule has 1 aromatic heterocycles. The second-order valence-corrected chi connectivity index (χ2v) is 3.50. The van der Waals surface area contributed by atoms with Gasteiger partial charge in [0, 0.05) is 12.7 Å². The molecule has 0 saturated carbocycles. The van der Waals surface area contributed by atoms with Gasteiger partial charge < -0.3 is 15.2 Å². The standard InChI is InChI=1S/C10H12N2O3/c1-6-7(5-12-10(13)14)9-8(15-6)3-2-4-11-9/h2-4,6-7,12H,5H2,1H3,(H,13,14)/t6-,7-/m1/s1. The van der Waals surface area contributed by atoms with Crippen LogP contribution in [0.4, 0.5) is 4.79 Å². The smallest absolute Gasteiger partial charge is 0.404 e. The first-order valence-corrected chi connectivity index (χ1v) is 4.77. The summed E-state index contributed by atoms with van der Waals surface area (Å²) in [7, 11) is 0. The molecule has 0 saturated heterocycles. The number of hydrogen-bond acceptors (Lipinski definition) is 3. The Labute approximate surface area is 87.1 Å². The number of amides is 1. The van der Waals surface area contributed by atoms with Crippen LogP contribution < -0.4 is 10.1 Å². The summed E-state index contributed by atoms with van der Waals surface area (Å²) in [5, 5.41) is 10.9. The molecule has 2 N–H and O–H groups in total. The molecule has 0 bridgehead atoms. The van der Waals surface area contributed by atoms with E-state index in [2.05, 4.69) is 10.3 Å². The largest absolute Gasteiger partial charge is 0.488 e. The number of carbonyl (C=O) groups is 1. The summed E-state index contributed by atoms with van der Waals surface area (Å²) in [4.78, 5) is 14.6. The Morgan fingerprint density at radius 1 is 1.73 bits per heavy atom. The van der Waals surface area contributed by atoms with E-state index in [-0.39, 0.29) is 12.0 Å². The molecule has 1 amide bonds. The highest BCUT2D eigenvalue weighted by atomic mass is 16.5. The number of ether oxygens (including phenoxy) is 1. The lowest BCUT2D eigenvalue weighted by Crippen LogP contribution is -2.30. The summed E-state index contributed by atoms with van der Waals surface area (Å²) in [6.45, 7) is 2.25. The predicted octanol–water partition coefficient (Wildman–Crippen LogP) is 1.21. The Morgan fingerprint density at radius 3 is 3.27 bits per heavy atom. The SMILES string of the molecule is C[C@H]1Oc2cccnc2[C@@H]1CNC(=O)O. The third-order valence-electron chi connectivity index (χ3n) is 2.50. The van der Waals surface area contributed by atoms with Gasteiger partial charge in [0.15, 0.2) is 0 Å². The van der Waals surface area contributed by atoms with Gasteiger partial charge in [0.2, 0.25) is 0 Å². The number of carboxylic acid groups (broad SMARTS) is 1. The zero-order chi connectivity index (χ0) is 10.8. The van der Waals surface area contributed by atoms with Gasteiger partial charge in [0.1, 0.15) is 11.9 Å². The van der Waals surface area contributed by atoms with Crippen molar-refractivity contribution in [1.82, 2.24) is 10.3 Å². The summed E-state index contributed by atoms with van der Waals surface area (Å²) in [6.07, 6.45) is 0.627. The van der Waals surface area contributed by atoms with Gasteiger partial charge in [0.05, 0.1) is 11.6 Å². The zero-order valence-electron chi connectivity index (χ0n) is 8.30. The van der Waals surface area contributed by atoms with Gasteiger partial charge in [-0.3, -0.25) is 4.98 Å². The summed E-state index contributed by atoms with van der Waals surface area (Å²) >= 11 is 0. The average molecular weight is 208 g/mol. The van der Waals surface area contributed by atoms with Crippen LogP contribution in [0.2, 0.25) is 0 Å². The number of hydrogen-bond donors (Lipinski definition) is 2. The molecule has 0 spiro atoms. The van der Waals surface area contributed by atoms with Crippen LogP contribution >= 0.6 is 0 Å². The van der Waals surface area contributed by atoms with Gasteiger partial charge in [-0.15, -0.1) is 0 Å². The Balaban J connectivity index is 2.15. The van der Waals surface area contributed by atoms with Crippen molar-refractivity contribution in [2.45, 2.75) is 18.9 Å². The van der Waals surface area contributed by atoms with Crippen LogP contribution in [0.3, 0.4) is 0 Å². The maximum Gasteiger partial charge on any atom is 0.404 e. The predicted molar refractivity (Wildman–Crippen MR) is 53.1 cm³/mol. The fraction of sp³-hybridized carbons (Fsp3) is 0.400. The van der Waals surface area contributed by atoms with Crippen LogP contribution in [0.15, 0.2) is 18.3 Å². The fourth-order valence-electron chi connectivity index (χ4n) is 1.75. The van der Waals surface area contributed by atoms with Crippen molar-refractivity contribution in [1.29, 1.82) is 0 Å². The molecular formula is C10H12N2O3. The number of pyridine rings is 1. The van der Waals surface area contributed by atoms with E-state index in [1.165, 1.54) is 0 Å². The van der Waals surface area contributed by atoms with E-state index in [1.807, 2.05) is 13.0 Å². The highest BCUT2D eigenvalue weighted by Gasteiger charge is 2.32. The molecule has 0 aromatic carbocycles. The minimum atomic E-state index is -1.02. The van der Waals surface area contributed by atoms with Crippen molar-refractivity contribution < 1.29 is 14.6 Å². The van der Waals surface area contributed by atoms with Crippen molar-refractivity contribution in [3.8, 4) is 5.75 Å². The van der Waals surface area contributed by atoms with Gasteiger partial charge in [-0.2, -0.15) is 0 Å². The van der Waals surface area contributed by atoms with Gasteiger partial charge >= 0.3 is 6.09 Å². The number of rotatable bonds is 2. The lowest BCUT2D eigenvalue weighted by atomic mass is 10.0. The summed E-state index contributed by atoms with van der Waals surface area (Å²) in [5.41, 5.74) is 0.832. The van der Waals surface area contributed by atoms with Crippen molar-refractivity contribution in [3.63, 3.8) is 0 Å². The Morgan fingerprint density at radius 2 is 2.53 bits per heavy atom. The van der Waals surface area contributed by atoms with Crippen LogP contribution in [-0.4, -0.2) is 28.8 Å². The summed E-state index contributed by atoms with van der Waals surface area (Å²) in [6, 6.07) is 3.65. The molecule has 0 unspecified atom stereocenters. The number of aromatic nitrogens is 1. The van der Waals surface area contributed by atoms with Gasteiger partial charge in [-0.25, -0.2) is 4.79 Å². The molecule has 0 radical (unpaired) electrons. The first-order valence-electron chi connectivity index (χ1n) is 4.77. The van der Waals surface area contributed by atoms with Crippen LogP contribution in [0, 0.1) is 0 Å². The summed E-state index contributed by atoms with van der Waals surface area (Å²) in [5.74, 6) is 0.750. The zero-order valence-corrected chi connectivity index (χ0v) is 8.30. The van der Waals surface area contributed by atoms with E-state index < -0.39 is 6.09 Å². The third kappa shape index (κ3) is 1.86. The molecule has 1 aliphatic rings. The van der Waals surface area contributed by atoms with Gasteiger partial charge in [-0.05, 0) is 19.1 Å². The number of nitrogens with one attached hydrogen (secondary N) is 1. The van der Waals surface area contributed by atoms with E-state index in [0.29, 0.717) is 6.54 Å². The molecule has 2 atom stereocenters. The van der Waals surface area contributed by atoms with E-state index in [1.54, 1.807) is 12.3 Å². The van der Waals surface area contributed by atoms with E-state index in [4.69, 9.17) is 9.84 Å². The quantitative estimate of drug-likeness (QED) is 0.766. The minimum Gasteiger partial charge on any atom is -0.488 e. The van der Waals surface area contributed by atoms with E-state index >= 15 is 0 Å². The Bertz CT molecular complexity index is 381. The normalized spacial score (nSPS) is 23.0. The highest BCUT2D eigenvalue weighted by Crippen LogP contribution is 2.35. The number of fused-ring (bicyclic) bond motifs is 1. The van der Waals surface area contributed by atoms with E-state index in [0.717, 1.165) is 11.4 Å². The monoisotopic (exact) mass is 208 g/mol. The maximum atomic E-state index is 10.4. The summed E-state index contributed by atoms with van der Waals surface area (Å²) < 4.78 is 5.56. The van der Waals surface area contributed by atoms with Crippen LogP contribution in [-0.2, 0) is 0 Å². The van der Waals surface area contributed by atoms with Crippen LogP contribution in [0.25, 0.3) is 0 Å². The van der Waals surface area contributed by atoms with Gasteiger partial charge in [0.25, 0.3) is 0 Å². The van der Waals surface area contributed by atoms with Crippen LogP contribution in [0.1, 0.15) is 18.5 Å². The van der Waals surface area contributed by atoms with Crippen LogP contribution in [0.5, 0.6) is 5.75 Å². The van der Waals surface area contributed by atoms with Crippen molar-refractivity contribution >= 4 is 6.09 Å². The van der Waals surface area contributed by atoms with Crippen molar-refractivity contribution in [2.75, 3.05) is 6.54 Å². The molecular weight excluding hydrogens is 196 g/mol. The topological polar surface area (TPSA) is 71.5 Å². The molecule has 2 rings (SSSR count). The first kappa shape index (κ1) is 9.76. The average Bonchev–Trinajstić information content (AvgIpc) is 2.50. The molecule has 2 heterocycles. The lowest BCUT2D eigenvalue weighted by Gasteiger charge is -2.13. The molecule has 0 fully saturated rings. The van der Waals surface area contributed by atoms with E-state index in [9.17, 15) is 4.79 Å². The Kier molecular flexibility index (Phi) is 2.45. The van der Waals surface area contributed by atoms with Crippen molar-refractivity contribution in [2.24, 2.45) is 0 Å². The molecule has 15 heavy (non-hydrogen) atoms. The maximum absolute atomic E-state index is 10.4.